The second-order valence-electron chi connectivity index (χ2n) is 5.56. The van der Waals surface area contributed by atoms with Gasteiger partial charge in [0.15, 0.2) is 11.9 Å². The first-order valence-electron chi connectivity index (χ1n) is 7.85. The van der Waals surface area contributed by atoms with Gasteiger partial charge in [0.25, 0.3) is 5.91 Å². The summed E-state index contributed by atoms with van der Waals surface area (Å²) in [7, 11) is 0. The van der Waals surface area contributed by atoms with Gasteiger partial charge in [0, 0.05) is 12.6 Å². The molecule has 3 aromatic rings. The van der Waals surface area contributed by atoms with Gasteiger partial charge in [0.2, 0.25) is 0 Å². The summed E-state index contributed by atoms with van der Waals surface area (Å²) >= 11 is 0. The van der Waals surface area contributed by atoms with E-state index in [9.17, 15) is 4.79 Å². The van der Waals surface area contributed by atoms with E-state index in [1.165, 1.54) is 0 Å². The molecule has 1 amide bonds. The lowest BCUT2D eigenvalue weighted by Crippen LogP contribution is -2.22. The van der Waals surface area contributed by atoms with Crippen molar-refractivity contribution in [1.29, 1.82) is 0 Å². The van der Waals surface area contributed by atoms with E-state index in [-0.39, 0.29) is 12.0 Å². The summed E-state index contributed by atoms with van der Waals surface area (Å²) in [4.78, 5) is 29.2. The van der Waals surface area contributed by atoms with E-state index >= 15 is 0 Å². The molecule has 0 bridgehead atoms. The van der Waals surface area contributed by atoms with Crippen LogP contribution in [0, 0.1) is 0 Å². The van der Waals surface area contributed by atoms with Crippen molar-refractivity contribution >= 4 is 17.4 Å². The van der Waals surface area contributed by atoms with Gasteiger partial charge in [-0.1, -0.05) is 41.6 Å². The van der Waals surface area contributed by atoms with Gasteiger partial charge in [-0.15, -0.1) is 0 Å². The topological polar surface area (TPSA) is 92.3 Å². The van der Waals surface area contributed by atoms with Crippen LogP contribution in [-0.4, -0.2) is 26.6 Å². The molecule has 0 saturated carbocycles. The Bertz CT molecular complexity index is 905. The Morgan fingerprint density at radius 1 is 1.12 bits per heavy atom. The fourth-order valence-corrected chi connectivity index (χ4v) is 2.57. The number of carbonyl (C=O) groups excluding carboxylic acids is 1. The van der Waals surface area contributed by atoms with E-state index in [0.717, 1.165) is 5.56 Å². The molecular weight excluding hydrogens is 318 g/mol. The van der Waals surface area contributed by atoms with Crippen LogP contribution in [0.3, 0.4) is 0 Å². The number of aromatic nitrogens is 3. The highest BCUT2D eigenvalue weighted by atomic mass is 16.6. The predicted octanol–water partition coefficient (Wildman–Crippen LogP) is 2.93. The van der Waals surface area contributed by atoms with Crippen LogP contribution in [0.15, 0.2) is 66.1 Å². The fourth-order valence-electron chi connectivity index (χ4n) is 2.57. The zero-order valence-corrected chi connectivity index (χ0v) is 13.2. The van der Waals surface area contributed by atoms with Crippen molar-refractivity contribution in [3.8, 4) is 11.5 Å². The number of nitrogens with one attached hydrogen (secondary N) is 2. The largest absolute Gasteiger partial charge is 0.387 e. The molecule has 1 unspecified atom stereocenters. The first kappa shape index (κ1) is 15.1. The lowest BCUT2D eigenvalue weighted by Gasteiger charge is -2.07. The smallest absolute Gasteiger partial charge is 0.274 e. The number of oxime groups is 1. The van der Waals surface area contributed by atoms with E-state index in [2.05, 4.69) is 25.4 Å². The Morgan fingerprint density at radius 2 is 1.96 bits per heavy atom. The zero-order chi connectivity index (χ0) is 17.1. The van der Waals surface area contributed by atoms with Crippen molar-refractivity contribution in [2.24, 2.45) is 5.16 Å². The van der Waals surface area contributed by atoms with Crippen molar-refractivity contribution in [3.63, 3.8) is 0 Å². The van der Waals surface area contributed by atoms with Crippen LogP contribution in [0.4, 0.5) is 5.82 Å². The summed E-state index contributed by atoms with van der Waals surface area (Å²) in [6.45, 7) is 0. The Hall–Kier alpha value is -3.48. The highest BCUT2D eigenvalue weighted by Gasteiger charge is 2.27. The Kier molecular flexibility index (Phi) is 3.96. The standard InChI is InChI=1S/C18H15N5O2/c24-18(14-10-15(25-23-14)12-6-2-1-3-7-12)22-16-11-20-17(21-16)13-8-4-5-9-19-13/h1-9,11,15H,10H2,(H,20,21)(H,22,24). The average molecular weight is 333 g/mol. The minimum absolute atomic E-state index is 0.229. The molecular formula is C18H15N5O2. The second-order valence-corrected chi connectivity index (χ2v) is 5.56. The molecule has 2 aromatic heterocycles. The van der Waals surface area contributed by atoms with E-state index in [4.69, 9.17) is 4.84 Å². The third-order valence-corrected chi connectivity index (χ3v) is 3.83. The Morgan fingerprint density at radius 3 is 2.76 bits per heavy atom. The molecule has 0 saturated heterocycles. The van der Waals surface area contributed by atoms with Gasteiger partial charge in [-0.3, -0.25) is 9.78 Å². The maximum atomic E-state index is 12.4. The maximum Gasteiger partial charge on any atom is 0.274 e. The molecule has 1 atom stereocenters. The van der Waals surface area contributed by atoms with Crippen molar-refractivity contribution in [2.45, 2.75) is 12.5 Å². The van der Waals surface area contributed by atoms with Gasteiger partial charge in [-0.05, 0) is 17.7 Å². The molecule has 0 fully saturated rings. The zero-order valence-electron chi connectivity index (χ0n) is 13.2. The summed E-state index contributed by atoms with van der Waals surface area (Å²) in [5.74, 6) is 0.758. The van der Waals surface area contributed by atoms with Crippen LogP contribution < -0.4 is 5.32 Å². The van der Waals surface area contributed by atoms with Crippen molar-refractivity contribution in [3.05, 3.63) is 66.5 Å². The molecule has 0 radical (unpaired) electrons. The molecule has 1 aromatic carbocycles. The Balaban J connectivity index is 1.41. The van der Waals surface area contributed by atoms with Gasteiger partial charge < -0.3 is 15.1 Å². The quantitative estimate of drug-likeness (QED) is 0.768. The van der Waals surface area contributed by atoms with Crippen LogP contribution in [-0.2, 0) is 9.63 Å². The number of rotatable bonds is 4. The molecule has 7 heteroatoms. The van der Waals surface area contributed by atoms with E-state index in [0.29, 0.717) is 29.5 Å². The number of hydrogen-bond donors (Lipinski definition) is 2. The third-order valence-electron chi connectivity index (χ3n) is 3.83. The monoisotopic (exact) mass is 333 g/mol. The summed E-state index contributed by atoms with van der Waals surface area (Å²) in [5.41, 5.74) is 2.05. The van der Waals surface area contributed by atoms with E-state index in [1.807, 2.05) is 48.5 Å². The number of pyridine rings is 1. The van der Waals surface area contributed by atoms with Crippen molar-refractivity contribution in [2.75, 3.05) is 5.32 Å². The van der Waals surface area contributed by atoms with Crippen LogP contribution in [0.1, 0.15) is 18.1 Å². The predicted molar refractivity (Wildman–Crippen MR) is 92.8 cm³/mol. The van der Waals surface area contributed by atoms with E-state index < -0.39 is 0 Å². The number of carbonyl (C=O) groups is 1. The minimum atomic E-state index is -0.311. The summed E-state index contributed by atoms with van der Waals surface area (Å²) in [6, 6.07) is 15.2. The molecule has 0 spiro atoms. The van der Waals surface area contributed by atoms with Crippen LogP contribution >= 0.6 is 0 Å². The van der Waals surface area contributed by atoms with Gasteiger partial charge in [0.05, 0.1) is 6.20 Å². The van der Waals surface area contributed by atoms with Crippen LogP contribution in [0.2, 0.25) is 0 Å². The van der Waals surface area contributed by atoms with Crippen LogP contribution in [0.5, 0.6) is 0 Å². The number of hydrogen-bond acceptors (Lipinski definition) is 5. The van der Waals surface area contributed by atoms with Crippen molar-refractivity contribution in [1.82, 2.24) is 15.0 Å². The number of aromatic amines is 1. The molecule has 25 heavy (non-hydrogen) atoms. The van der Waals surface area contributed by atoms with Gasteiger partial charge >= 0.3 is 0 Å². The Labute approximate surface area is 143 Å². The molecule has 4 rings (SSSR count). The third kappa shape index (κ3) is 3.25. The summed E-state index contributed by atoms with van der Waals surface area (Å²) in [6.07, 6.45) is 3.43. The minimum Gasteiger partial charge on any atom is -0.387 e. The molecule has 7 nitrogen and oxygen atoms in total. The lowest BCUT2D eigenvalue weighted by atomic mass is 10.0. The summed E-state index contributed by atoms with van der Waals surface area (Å²) < 4.78 is 0. The highest BCUT2D eigenvalue weighted by Crippen LogP contribution is 2.27. The number of H-pyrrole nitrogens is 1. The number of nitrogens with zero attached hydrogens (tertiary/aromatic N) is 3. The van der Waals surface area contributed by atoms with Gasteiger partial charge in [0.1, 0.15) is 17.2 Å². The van der Waals surface area contributed by atoms with Gasteiger partial charge in [-0.2, -0.15) is 0 Å². The maximum absolute atomic E-state index is 12.4. The lowest BCUT2D eigenvalue weighted by molar-refractivity contribution is -0.110. The highest BCUT2D eigenvalue weighted by molar-refractivity contribution is 6.43. The fraction of sp³-hybridized carbons (Fsp3) is 0.111. The number of imidazole rings is 1. The van der Waals surface area contributed by atoms with Crippen LogP contribution in [0.25, 0.3) is 11.5 Å². The second kappa shape index (κ2) is 6.56. The SMILES string of the molecule is O=C(Nc1cnc(-c2ccccn2)[nH]1)C1=NOC(c2ccccc2)C1. The molecule has 1 aliphatic heterocycles. The average Bonchev–Trinajstić information content (AvgIpc) is 3.33. The first-order valence-corrected chi connectivity index (χ1v) is 7.85. The number of amides is 1. The molecule has 3 heterocycles. The first-order chi connectivity index (χ1) is 12.3. The van der Waals surface area contributed by atoms with Crippen molar-refractivity contribution < 1.29 is 9.63 Å². The molecule has 124 valence electrons. The van der Waals surface area contributed by atoms with E-state index in [1.54, 1.807) is 12.4 Å². The summed E-state index contributed by atoms with van der Waals surface area (Å²) in [5, 5.41) is 6.66. The van der Waals surface area contributed by atoms with Gasteiger partial charge in [-0.25, -0.2) is 4.98 Å². The number of benzene rings is 1. The normalized spacial score (nSPS) is 16.2. The molecule has 1 aliphatic rings. The number of anilines is 1. The molecule has 2 N–H and O–H groups in total. The molecule has 0 aliphatic carbocycles.